The molecule has 1 aliphatic heterocycles. The lowest BCUT2D eigenvalue weighted by molar-refractivity contribution is 0.0930. The molecule has 9 nitrogen and oxygen atoms in total. The second-order valence-electron chi connectivity index (χ2n) is 13.6. The van der Waals surface area contributed by atoms with Gasteiger partial charge in [0, 0.05) is 57.4 Å². The third-order valence-corrected chi connectivity index (χ3v) is 10.9. The molecule has 0 spiro atoms. The summed E-state index contributed by atoms with van der Waals surface area (Å²) in [5, 5.41) is 8.75. The number of anilines is 2. The summed E-state index contributed by atoms with van der Waals surface area (Å²) in [6.07, 6.45) is 4.94. The molecular formula is C43H36Cl3N7O2. The Hall–Kier alpha value is -5.61. The fourth-order valence-corrected chi connectivity index (χ4v) is 7.79. The highest BCUT2D eigenvalue weighted by molar-refractivity contribution is 6.34. The lowest BCUT2D eigenvalue weighted by Gasteiger charge is -2.34. The van der Waals surface area contributed by atoms with Gasteiger partial charge in [0.05, 0.1) is 40.0 Å². The summed E-state index contributed by atoms with van der Waals surface area (Å²) in [7, 11) is 0. The highest BCUT2D eigenvalue weighted by atomic mass is 35.5. The molecule has 0 saturated carbocycles. The van der Waals surface area contributed by atoms with Crippen LogP contribution in [-0.4, -0.2) is 50.5 Å². The van der Waals surface area contributed by atoms with E-state index in [-0.39, 0.29) is 23.9 Å². The number of hydrogen-bond acceptors (Lipinski definition) is 5. The molecule has 12 heteroatoms. The average molecular weight is 789 g/mol. The number of aromatic amines is 1. The van der Waals surface area contributed by atoms with E-state index in [4.69, 9.17) is 44.8 Å². The number of nitrogens with one attached hydrogen (secondary N) is 3. The maximum atomic E-state index is 14.7. The number of pyridine rings is 1. The van der Waals surface area contributed by atoms with E-state index >= 15 is 0 Å². The van der Waals surface area contributed by atoms with E-state index in [0.29, 0.717) is 74.8 Å². The highest BCUT2D eigenvalue weighted by Gasteiger charge is 2.29. The van der Waals surface area contributed by atoms with Crippen LogP contribution in [0.5, 0.6) is 0 Å². The van der Waals surface area contributed by atoms with Gasteiger partial charge in [-0.25, -0.2) is 9.97 Å². The molecule has 1 saturated heterocycles. The minimum absolute atomic E-state index is 0.0265. The second-order valence-corrected chi connectivity index (χ2v) is 14.8. The van der Waals surface area contributed by atoms with Crippen LogP contribution in [0.1, 0.15) is 52.2 Å². The number of piperidine rings is 1. The summed E-state index contributed by atoms with van der Waals surface area (Å²) >= 11 is 19.0. The molecule has 1 unspecified atom stereocenters. The second kappa shape index (κ2) is 15.6. The van der Waals surface area contributed by atoms with Crippen LogP contribution in [0.4, 0.5) is 11.5 Å². The molecular weight excluding hydrogens is 753 g/mol. The molecule has 276 valence electrons. The van der Waals surface area contributed by atoms with Crippen LogP contribution in [0, 0.1) is 0 Å². The number of fused-ring (bicyclic) bond motifs is 1. The minimum Gasteiger partial charge on any atom is -0.355 e. The average Bonchev–Trinajstić information content (AvgIpc) is 3.80. The molecule has 4 heterocycles. The van der Waals surface area contributed by atoms with E-state index in [1.54, 1.807) is 36.5 Å². The van der Waals surface area contributed by atoms with Crippen LogP contribution >= 0.6 is 34.8 Å². The molecule has 55 heavy (non-hydrogen) atoms. The maximum absolute atomic E-state index is 14.7. The van der Waals surface area contributed by atoms with Gasteiger partial charge in [-0.3, -0.25) is 9.59 Å². The van der Waals surface area contributed by atoms with Crippen molar-refractivity contribution in [3.63, 3.8) is 0 Å². The van der Waals surface area contributed by atoms with Crippen LogP contribution in [-0.2, 0) is 0 Å². The maximum Gasteiger partial charge on any atom is 0.272 e. The Kier molecular flexibility index (Phi) is 10.3. The Bertz CT molecular complexity index is 2510. The van der Waals surface area contributed by atoms with E-state index in [0.717, 1.165) is 27.9 Å². The number of imidazole rings is 1. The number of aromatic nitrogens is 4. The Morgan fingerprint density at radius 2 is 1.55 bits per heavy atom. The van der Waals surface area contributed by atoms with E-state index < -0.39 is 0 Å². The normalized spacial score (nSPS) is 13.9. The molecule has 0 radical (unpaired) electrons. The van der Waals surface area contributed by atoms with Gasteiger partial charge in [-0.2, -0.15) is 0 Å². The minimum atomic E-state index is -0.343. The number of rotatable bonds is 9. The van der Waals surface area contributed by atoms with Crippen LogP contribution in [0.25, 0.3) is 33.4 Å². The lowest BCUT2D eigenvalue weighted by Crippen LogP contribution is -2.45. The van der Waals surface area contributed by atoms with E-state index in [9.17, 15) is 9.59 Å². The van der Waals surface area contributed by atoms with E-state index in [1.807, 2.05) is 85.2 Å². The summed E-state index contributed by atoms with van der Waals surface area (Å²) in [6, 6.07) is 33.8. The van der Waals surface area contributed by atoms with Crippen molar-refractivity contribution < 1.29 is 9.59 Å². The zero-order valence-electron chi connectivity index (χ0n) is 29.8. The molecule has 7 aromatic rings. The van der Waals surface area contributed by atoms with Crippen molar-refractivity contribution in [2.45, 2.75) is 31.8 Å². The first-order valence-corrected chi connectivity index (χ1v) is 19.1. The predicted octanol–water partition coefficient (Wildman–Crippen LogP) is 10.3. The number of benzene rings is 4. The Labute approximate surface area is 333 Å². The van der Waals surface area contributed by atoms with Crippen molar-refractivity contribution in [2.24, 2.45) is 0 Å². The van der Waals surface area contributed by atoms with Crippen molar-refractivity contribution in [3.05, 3.63) is 154 Å². The molecule has 3 aromatic heterocycles. The molecule has 1 aliphatic rings. The topological polar surface area (TPSA) is 108 Å². The van der Waals surface area contributed by atoms with Gasteiger partial charge >= 0.3 is 0 Å². The van der Waals surface area contributed by atoms with Crippen molar-refractivity contribution in [2.75, 3.05) is 23.3 Å². The third kappa shape index (κ3) is 7.43. The molecule has 4 aromatic carbocycles. The van der Waals surface area contributed by atoms with Crippen molar-refractivity contribution in [1.29, 1.82) is 0 Å². The van der Waals surface area contributed by atoms with Crippen LogP contribution < -0.4 is 15.5 Å². The Balaban J connectivity index is 1.13. The molecule has 2 amide bonds. The van der Waals surface area contributed by atoms with Gasteiger partial charge in [0.2, 0.25) is 0 Å². The molecule has 3 N–H and O–H groups in total. The fourth-order valence-electron chi connectivity index (χ4n) is 7.27. The van der Waals surface area contributed by atoms with Crippen LogP contribution in [0.3, 0.4) is 0 Å². The highest BCUT2D eigenvalue weighted by Crippen LogP contribution is 2.42. The zero-order chi connectivity index (χ0) is 38.1. The molecule has 1 atom stereocenters. The van der Waals surface area contributed by atoms with Crippen molar-refractivity contribution in [1.82, 2.24) is 24.8 Å². The number of carbonyl (C=O) groups is 2. The Morgan fingerprint density at radius 3 is 2.31 bits per heavy atom. The van der Waals surface area contributed by atoms with Crippen molar-refractivity contribution >= 4 is 69.0 Å². The van der Waals surface area contributed by atoms with Gasteiger partial charge in [-0.05, 0) is 73.9 Å². The number of H-pyrrole nitrogens is 1. The van der Waals surface area contributed by atoms with E-state index in [1.165, 1.54) is 0 Å². The summed E-state index contributed by atoms with van der Waals surface area (Å²) in [6.45, 7) is 3.36. The quantitative estimate of drug-likeness (QED) is 0.135. The smallest absolute Gasteiger partial charge is 0.272 e. The van der Waals surface area contributed by atoms with Gasteiger partial charge in [0.1, 0.15) is 5.69 Å². The van der Waals surface area contributed by atoms with Gasteiger partial charge in [-0.1, -0.05) is 95.5 Å². The van der Waals surface area contributed by atoms with Crippen LogP contribution in [0.2, 0.25) is 15.1 Å². The molecule has 8 rings (SSSR count). The van der Waals surface area contributed by atoms with Gasteiger partial charge in [0.25, 0.3) is 11.8 Å². The summed E-state index contributed by atoms with van der Waals surface area (Å²) in [4.78, 5) is 42.8. The van der Waals surface area contributed by atoms with Crippen LogP contribution in [0.15, 0.2) is 122 Å². The fraction of sp³-hybridized carbons (Fsp3) is 0.163. The molecule has 1 fully saturated rings. The lowest BCUT2D eigenvalue weighted by atomic mass is 9.99. The Morgan fingerprint density at radius 1 is 0.818 bits per heavy atom. The summed E-state index contributed by atoms with van der Waals surface area (Å²) in [5.74, 6) is 0.118. The largest absolute Gasteiger partial charge is 0.355 e. The van der Waals surface area contributed by atoms with E-state index in [2.05, 4.69) is 32.0 Å². The molecule has 0 aliphatic carbocycles. The number of hydrogen-bond donors (Lipinski definition) is 3. The van der Waals surface area contributed by atoms with Gasteiger partial charge < -0.3 is 25.1 Å². The monoisotopic (exact) mass is 787 g/mol. The first kappa shape index (κ1) is 36.4. The van der Waals surface area contributed by atoms with Gasteiger partial charge in [-0.15, -0.1) is 0 Å². The summed E-state index contributed by atoms with van der Waals surface area (Å²) in [5.41, 5.74) is 6.25. The number of amides is 2. The SMILES string of the molecule is CC(c1ccc(Cl)cc1)n1cnc(-c2ccccc2)c1-c1c(C(=O)Nc2cccnc2N2CCC(NC(=O)c3ccccc3Cl)CC2)[nH]c2cc(Cl)ccc12. The standard InChI is InChI=1S/C43H36Cl3N7O2/c1-26(27-13-15-29(44)16-14-27)53-25-48-38(28-8-3-2-4-9-28)40(53)37-33-18-17-30(45)24-36(33)50-39(37)43(55)51-35-12-7-21-47-41(35)52-22-19-31(20-23-52)49-42(54)32-10-5-6-11-34(32)46/h2-18,21,24-26,31,50H,19-20,22-23H2,1H3,(H,49,54)(H,51,55). The molecule has 0 bridgehead atoms. The zero-order valence-corrected chi connectivity index (χ0v) is 32.0. The number of carbonyl (C=O) groups excluding carboxylic acids is 2. The van der Waals surface area contributed by atoms with Crippen molar-refractivity contribution in [3.8, 4) is 22.5 Å². The number of nitrogens with zero attached hydrogens (tertiary/aromatic N) is 4. The predicted molar refractivity (Wildman–Crippen MR) is 222 cm³/mol. The number of halogens is 3. The first-order valence-electron chi connectivity index (χ1n) is 18.0. The van der Waals surface area contributed by atoms with Gasteiger partial charge in [0.15, 0.2) is 5.82 Å². The summed E-state index contributed by atoms with van der Waals surface area (Å²) < 4.78 is 2.10. The third-order valence-electron chi connectivity index (χ3n) is 10.1. The first-order chi connectivity index (χ1) is 26.7.